The summed E-state index contributed by atoms with van der Waals surface area (Å²) in [4.78, 5) is 21.4. The number of hydrogen-bond acceptors (Lipinski definition) is 7. The maximum atomic E-state index is 13.7. The number of nitrogens with zero attached hydrogens (tertiary/aromatic N) is 2. The molecule has 0 saturated heterocycles. The van der Waals surface area contributed by atoms with E-state index in [1.165, 1.54) is 6.07 Å². The van der Waals surface area contributed by atoms with Gasteiger partial charge in [-0.05, 0) is 24.3 Å². The van der Waals surface area contributed by atoms with Gasteiger partial charge in [0.2, 0.25) is 23.3 Å². The fourth-order valence-electron chi connectivity index (χ4n) is 4.18. The van der Waals surface area contributed by atoms with E-state index in [9.17, 15) is 9.18 Å². The highest BCUT2D eigenvalue weighted by molar-refractivity contribution is 6.39. The quantitative estimate of drug-likeness (QED) is 0.123. The molecule has 0 aliphatic carbocycles. The summed E-state index contributed by atoms with van der Waals surface area (Å²) in [5.41, 5.74) is -0.245. The van der Waals surface area contributed by atoms with Crippen molar-refractivity contribution in [3.63, 3.8) is 0 Å². The highest BCUT2D eigenvalue weighted by atomic mass is 35.5. The zero-order valence-corrected chi connectivity index (χ0v) is 28.7. The van der Waals surface area contributed by atoms with Crippen LogP contribution in [0.15, 0.2) is 77.6 Å². The fraction of sp³-hybridized carbons (Fsp3) is 0.182. The van der Waals surface area contributed by atoms with E-state index in [4.69, 9.17) is 77.0 Å². The second-order valence-corrected chi connectivity index (χ2v) is 11.5. The molecule has 3 heterocycles. The Morgan fingerprint density at radius 2 is 1.09 bits per heavy atom. The second kappa shape index (κ2) is 17.7. The van der Waals surface area contributed by atoms with Gasteiger partial charge >= 0.3 is 0 Å². The number of H-pyrrole nitrogens is 1. The molecule has 0 fully saturated rings. The molecule has 47 heavy (non-hydrogen) atoms. The molecular formula is C33H27Cl5FN3O5. The van der Waals surface area contributed by atoms with E-state index in [1.54, 1.807) is 68.8 Å². The Balaban J connectivity index is 0.000000161. The van der Waals surface area contributed by atoms with Gasteiger partial charge in [0, 0.05) is 79.8 Å². The summed E-state index contributed by atoms with van der Waals surface area (Å²) in [7, 11) is 3.18. The third-order valence-electron chi connectivity index (χ3n) is 6.38. The van der Waals surface area contributed by atoms with E-state index in [-0.39, 0.29) is 11.4 Å². The van der Waals surface area contributed by atoms with E-state index >= 15 is 0 Å². The second-order valence-electron chi connectivity index (χ2n) is 9.50. The maximum Gasteiger partial charge on any atom is 0.249 e. The fourth-order valence-corrected chi connectivity index (χ4v) is 5.37. The van der Waals surface area contributed by atoms with Crippen molar-refractivity contribution in [2.75, 3.05) is 40.6 Å². The van der Waals surface area contributed by atoms with Crippen LogP contribution in [0.2, 0.25) is 25.4 Å². The van der Waals surface area contributed by atoms with Gasteiger partial charge in [-0.25, -0.2) is 4.98 Å². The van der Waals surface area contributed by atoms with Crippen LogP contribution in [0.25, 0.3) is 32.3 Å². The molecule has 3 aromatic carbocycles. The van der Waals surface area contributed by atoms with Crippen molar-refractivity contribution in [2.24, 2.45) is 0 Å². The normalized spacial score (nSPS) is 10.7. The highest BCUT2D eigenvalue weighted by Gasteiger charge is 2.10. The van der Waals surface area contributed by atoms with Gasteiger partial charge in [0.25, 0.3) is 0 Å². The Kier molecular flexibility index (Phi) is 13.7. The molecule has 8 nitrogen and oxygen atoms in total. The van der Waals surface area contributed by atoms with Crippen molar-refractivity contribution in [3.05, 3.63) is 114 Å². The van der Waals surface area contributed by atoms with Crippen LogP contribution in [0, 0.1) is 5.95 Å². The summed E-state index contributed by atoms with van der Waals surface area (Å²) in [6, 6.07) is 20.7. The number of nitrogens with one attached hydrogen (secondary N) is 1. The number of ether oxygens (including phenoxy) is 4. The monoisotopic (exact) mass is 739 g/mol. The first-order valence-electron chi connectivity index (χ1n) is 13.8. The Bertz CT molecular complexity index is 1950. The molecule has 246 valence electrons. The molecule has 0 saturated carbocycles. The van der Waals surface area contributed by atoms with Crippen molar-refractivity contribution in [1.29, 1.82) is 0 Å². The van der Waals surface area contributed by atoms with Crippen LogP contribution < -0.4 is 15.0 Å². The lowest BCUT2D eigenvalue weighted by molar-refractivity contribution is 0.143. The van der Waals surface area contributed by atoms with Crippen LogP contribution in [0.4, 0.5) is 4.39 Å². The van der Waals surface area contributed by atoms with Crippen molar-refractivity contribution in [3.8, 4) is 11.8 Å². The molecule has 0 spiro atoms. The van der Waals surface area contributed by atoms with E-state index < -0.39 is 5.95 Å². The lowest BCUT2D eigenvalue weighted by atomic mass is 10.2. The predicted molar refractivity (Wildman–Crippen MR) is 188 cm³/mol. The number of aromatic nitrogens is 3. The smallest absolute Gasteiger partial charge is 0.249 e. The number of methoxy groups -OCH3 is 2. The summed E-state index contributed by atoms with van der Waals surface area (Å²) in [6.07, 6.45) is 0. The minimum Gasteiger partial charge on any atom is -0.475 e. The molecular weight excluding hydrogens is 715 g/mol. The van der Waals surface area contributed by atoms with Gasteiger partial charge in [-0.15, -0.1) is 0 Å². The van der Waals surface area contributed by atoms with E-state index in [1.807, 2.05) is 12.1 Å². The standard InChI is InChI=1S/C12H11Cl2NO2.C12H11ClFNO2.C9H5Cl2NO/c2*1-16-5-6-17-11-7-9-8(12(14)15-11)3-2-4-10(9)13;10-7-3-1-2-5-6(7)4-8(13)12-9(5)11/h2*2-4,7H,5-6H2,1H3;1-4H,(H,12,13). The highest BCUT2D eigenvalue weighted by Crippen LogP contribution is 2.31. The van der Waals surface area contributed by atoms with E-state index in [0.29, 0.717) is 73.8 Å². The van der Waals surface area contributed by atoms with Gasteiger partial charge in [0.15, 0.2) is 0 Å². The molecule has 0 atom stereocenters. The lowest BCUT2D eigenvalue weighted by Gasteiger charge is -2.08. The minimum absolute atomic E-state index is 0.208. The van der Waals surface area contributed by atoms with Crippen LogP contribution in [-0.2, 0) is 9.47 Å². The number of fused-ring (bicyclic) bond motifs is 3. The molecule has 0 amide bonds. The van der Waals surface area contributed by atoms with Crippen LogP contribution >= 0.6 is 58.0 Å². The number of rotatable bonds is 8. The molecule has 0 aliphatic rings. The summed E-state index contributed by atoms with van der Waals surface area (Å²) in [5.74, 6) is 0.0743. The summed E-state index contributed by atoms with van der Waals surface area (Å²) < 4.78 is 34.0. The minimum atomic E-state index is -0.586. The van der Waals surface area contributed by atoms with Gasteiger partial charge in [-0.1, -0.05) is 88.3 Å². The number of hydrogen-bond donors (Lipinski definition) is 1. The van der Waals surface area contributed by atoms with Crippen LogP contribution in [-0.4, -0.2) is 55.6 Å². The lowest BCUT2D eigenvalue weighted by Crippen LogP contribution is -2.06. The Hall–Kier alpha value is -3.41. The molecule has 1 N–H and O–H groups in total. The molecule has 3 aromatic heterocycles. The number of pyridine rings is 3. The van der Waals surface area contributed by atoms with E-state index in [0.717, 1.165) is 16.2 Å². The van der Waals surface area contributed by atoms with Crippen LogP contribution in [0.3, 0.4) is 0 Å². The van der Waals surface area contributed by atoms with E-state index in [2.05, 4.69) is 15.0 Å². The largest absolute Gasteiger partial charge is 0.475 e. The van der Waals surface area contributed by atoms with Crippen molar-refractivity contribution in [2.45, 2.75) is 0 Å². The third kappa shape index (κ3) is 9.81. The summed E-state index contributed by atoms with van der Waals surface area (Å²) in [5, 5.41) is 6.41. The van der Waals surface area contributed by atoms with Gasteiger partial charge in [0.1, 0.15) is 23.5 Å². The zero-order chi connectivity index (χ0) is 33.9. The SMILES string of the molecule is COCCOc1cc2c(Cl)cccc2c(Cl)n1.COCCOc1cc2c(Cl)cccc2c(F)n1.O=c1cc2c(Cl)cccc2c(Cl)[nH]1. The molecule has 0 radical (unpaired) electrons. The average Bonchev–Trinajstić information content (AvgIpc) is 3.04. The van der Waals surface area contributed by atoms with Crippen LogP contribution in [0.1, 0.15) is 0 Å². The topological polar surface area (TPSA) is 95.6 Å². The van der Waals surface area contributed by atoms with Crippen molar-refractivity contribution in [1.82, 2.24) is 15.0 Å². The summed E-state index contributed by atoms with van der Waals surface area (Å²) in [6.45, 7) is 1.67. The maximum absolute atomic E-state index is 13.7. The Morgan fingerprint density at radius 3 is 1.64 bits per heavy atom. The Labute approximate surface area is 294 Å². The number of benzene rings is 3. The predicted octanol–water partition coefficient (Wildman–Crippen LogP) is 9.45. The number of halogens is 6. The van der Waals surface area contributed by atoms with Crippen LogP contribution in [0.5, 0.6) is 11.8 Å². The molecule has 0 unspecified atom stereocenters. The zero-order valence-electron chi connectivity index (χ0n) is 25.0. The third-order valence-corrected chi connectivity index (χ3v) is 7.95. The average molecular weight is 742 g/mol. The van der Waals surface area contributed by atoms with Gasteiger partial charge in [-0.2, -0.15) is 9.37 Å². The van der Waals surface area contributed by atoms with Crippen molar-refractivity contribution < 1.29 is 23.3 Å². The number of aromatic amines is 1. The van der Waals surface area contributed by atoms with Crippen molar-refractivity contribution >= 4 is 90.3 Å². The van der Waals surface area contributed by atoms with Gasteiger partial charge < -0.3 is 23.9 Å². The molecule has 0 aliphatic heterocycles. The molecule has 0 bridgehead atoms. The first kappa shape index (κ1) is 36.4. The Morgan fingerprint density at radius 1 is 0.617 bits per heavy atom. The van der Waals surface area contributed by atoms with Gasteiger partial charge in [0.05, 0.1) is 13.2 Å². The molecule has 6 rings (SSSR count). The van der Waals surface area contributed by atoms with Gasteiger partial charge in [-0.3, -0.25) is 4.79 Å². The molecule has 14 heteroatoms. The molecule has 6 aromatic rings. The first-order chi connectivity index (χ1) is 22.6. The summed E-state index contributed by atoms with van der Waals surface area (Å²) >= 11 is 29.9. The first-order valence-corrected chi connectivity index (χ1v) is 15.7.